The number of hydrogen-bond donors (Lipinski definition) is 1. The summed E-state index contributed by atoms with van der Waals surface area (Å²) in [5, 5.41) is -0.924. The highest BCUT2D eigenvalue weighted by Crippen LogP contribution is 2.26. The monoisotopic (exact) mass is 218 g/mol. The lowest BCUT2D eigenvalue weighted by Crippen LogP contribution is -2.03. The van der Waals surface area contributed by atoms with Gasteiger partial charge in [0.1, 0.15) is 11.2 Å². The Labute approximate surface area is 86.3 Å². The molecule has 13 heavy (non-hydrogen) atoms. The van der Waals surface area contributed by atoms with Gasteiger partial charge in [0.2, 0.25) is 0 Å². The van der Waals surface area contributed by atoms with E-state index in [4.69, 9.17) is 11.6 Å². The van der Waals surface area contributed by atoms with Crippen molar-refractivity contribution in [2.75, 3.05) is 0 Å². The van der Waals surface area contributed by atoms with Gasteiger partial charge in [-0.15, -0.1) is 24.2 Å². The van der Waals surface area contributed by atoms with Gasteiger partial charge in [-0.3, -0.25) is 4.79 Å². The first-order valence-electron chi connectivity index (χ1n) is 3.65. The molecule has 0 bridgehead atoms. The van der Waals surface area contributed by atoms with Crippen molar-refractivity contribution in [3.8, 4) is 0 Å². The molecule has 4 heteroatoms. The summed E-state index contributed by atoms with van der Waals surface area (Å²) in [5.74, 6) is -0.757. The van der Waals surface area contributed by atoms with Gasteiger partial charge in [0.15, 0.2) is 5.78 Å². The molecule has 0 spiro atoms. The maximum absolute atomic E-state index is 13.1. The lowest BCUT2D eigenvalue weighted by Gasteiger charge is -2.07. The fourth-order valence-corrected chi connectivity index (χ4v) is 1.33. The number of ketones is 1. The Hall–Kier alpha value is -0.540. The fraction of sp³-hybridized carbons (Fsp3) is 0.222. The molecule has 0 aromatic heterocycles. The molecule has 0 radical (unpaired) electrons. The van der Waals surface area contributed by atoms with E-state index in [-0.39, 0.29) is 11.3 Å². The Morgan fingerprint density at radius 2 is 2.23 bits per heavy atom. The van der Waals surface area contributed by atoms with Crippen LogP contribution in [-0.2, 0) is 4.79 Å². The van der Waals surface area contributed by atoms with E-state index in [1.54, 1.807) is 0 Å². The molecule has 1 aromatic carbocycles. The molecule has 0 fully saturated rings. The van der Waals surface area contributed by atoms with Gasteiger partial charge >= 0.3 is 0 Å². The zero-order chi connectivity index (χ0) is 10.0. The largest absolute Gasteiger partial charge is 0.298 e. The highest BCUT2D eigenvalue weighted by atomic mass is 35.5. The quantitative estimate of drug-likeness (QED) is 0.597. The second-order valence-electron chi connectivity index (χ2n) is 2.68. The number of rotatable bonds is 2. The van der Waals surface area contributed by atoms with Gasteiger partial charge in [-0.2, -0.15) is 0 Å². The number of thiol groups is 1. The molecule has 1 nitrogen and oxygen atoms in total. The van der Waals surface area contributed by atoms with Crippen molar-refractivity contribution >= 4 is 30.0 Å². The maximum atomic E-state index is 13.1. The van der Waals surface area contributed by atoms with Gasteiger partial charge in [-0.05, 0) is 25.1 Å². The average molecular weight is 219 g/mol. The minimum atomic E-state index is -0.924. The van der Waals surface area contributed by atoms with Crippen molar-refractivity contribution in [1.29, 1.82) is 0 Å². The summed E-state index contributed by atoms with van der Waals surface area (Å²) >= 11 is 9.72. The lowest BCUT2D eigenvalue weighted by molar-refractivity contribution is -0.116. The zero-order valence-electron chi connectivity index (χ0n) is 6.92. The minimum absolute atomic E-state index is 0.182. The van der Waals surface area contributed by atoms with E-state index in [1.807, 2.05) is 0 Å². The van der Waals surface area contributed by atoms with Crippen molar-refractivity contribution in [2.24, 2.45) is 0 Å². The van der Waals surface area contributed by atoms with Gasteiger partial charge in [0.25, 0.3) is 0 Å². The Kier molecular flexibility index (Phi) is 3.33. The second kappa shape index (κ2) is 4.11. The van der Waals surface area contributed by atoms with E-state index in [0.717, 1.165) is 0 Å². The first-order chi connectivity index (χ1) is 6.02. The summed E-state index contributed by atoms with van der Waals surface area (Å²) in [5.41, 5.74) is 0.182. The van der Waals surface area contributed by atoms with Crippen molar-refractivity contribution in [1.82, 2.24) is 0 Å². The number of benzene rings is 1. The summed E-state index contributed by atoms with van der Waals surface area (Å²) in [6.07, 6.45) is 0. The molecule has 1 rings (SSSR count). The van der Waals surface area contributed by atoms with Crippen LogP contribution in [0, 0.1) is 5.82 Å². The summed E-state index contributed by atoms with van der Waals surface area (Å²) < 4.78 is 13.1. The number of carbonyl (C=O) groups excluding carboxylic acids is 1. The minimum Gasteiger partial charge on any atom is -0.298 e. The summed E-state index contributed by atoms with van der Waals surface area (Å²) in [6, 6.07) is 4.21. The first kappa shape index (κ1) is 10.5. The first-order valence-corrected chi connectivity index (χ1v) is 4.53. The Bertz CT molecular complexity index is 340. The Morgan fingerprint density at radius 1 is 1.62 bits per heavy atom. The van der Waals surface area contributed by atoms with Crippen LogP contribution in [0.2, 0.25) is 0 Å². The molecule has 0 aliphatic carbocycles. The molecular weight excluding hydrogens is 211 g/mol. The highest BCUT2D eigenvalue weighted by molar-refractivity contribution is 7.80. The number of Topliss-reactive ketones (excluding diaryl/α,β-unsaturated/α-hetero) is 1. The maximum Gasteiger partial charge on any atom is 0.152 e. The van der Waals surface area contributed by atoms with Crippen LogP contribution in [0.25, 0.3) is 0 Å². The number of hydrogen-bond acceptors (Lipinski definition) is 2. The van der Waals surface area contributed by atoms with Crippen molar-refractivity contribution in [3.63, 3.8) is 0 Å². The third-order valence-corrected chi connectivity index (χ3v) is 2.43. The van der Waals surface area contributed by atoms with Crippen molar-refractivity contribution in [3.05, 3.63) is 29.6 Å². The third kappa shape index (κ3) is 2.45. The predicted molar refractivity (Wildman–Crippen MR) is 52.9 cm³/mol. The zero-order valence-corrected chi connectivity index (χ0v) is 8.57. The van der Waals surface area contributed by atoms with E-state index >= 15 is 0 Å². The molecule has 1 unspecified atom stereocenters. The molecule has 1 aromatic rings. The number of alkyl halides is 1. The SMILES string of the molecule is CC(=O)C(Cl)c1cc(S)ccc1F. The number of halogens is 2. The molecule has 0 aliphatic heterocycles. The highest BCUT2D eigenvalue weighted by Gasteiger charge is 2.17. The van der Waals surface area contributed by atoms with E-state index in [1.165, 1.54) is 25.1 Å². The van der Waals surface area contributed by atoms with Crippen molar-refractivity contribution in [2.45, 2.75) is 17.2 Å². The second-order valence-corrected chi connectivity index (χ2v) is 3.63. The number of carbonyl (C=O) groups is 1. The van der Waals surface area contributed by atoms with E-state index in [0.29, 0.717) is 4.90 Å². The fourth-order valence-electron chi connectivity index (χ4n) is 0.944. The van der Waals surface area contributed by atoms with E-state index < -0.39 is 11.2 Å². The third-order valence-electron chi connectivity index (χ3n) is 1.61. The van der Waals surface area contributed by atoms with Gasteiger partial charge in [-0.25, -0.2) is 4.39 Å². The van der Waals surface area contributed by atoms with Crippen LogP contribution in [0.15, 0.2) is 23.1 Å². The van der Waals surface area contributed by atoms with Gasteiger partial charge < -0.3 is 0 Å². The van der Waals surface area contributed by atoms with Crippen LogP contribution in [0.4, 0.5) is 4.39 Å². The van der Waals surface area contributed by atoms with E-state index in [9.17, 15) is 9.18 Å². The topological polar surface area (TPSA) is 17.1 Å². The van der Waals surface area contributed by atoms with Crippen LogP contribution in [0.5, 0.6) is 0 Å². The van der Waals surface area contributed by atoms with Gasteiger partial charge in [-0.1, -0.05) is 0 Å². The van der Waals surface area contributed by atoms with Crippen LogP contribution in [-0.4, -0.2) is 5.78 Å². The Balaban J connectivity index is 3.12. The molecule has 0 saturated heterocycles. The smallest absolute Gasteiger partial charge is 0.152 e. The standard InChI is InChI=1S/C9H8ClFOS/c1-5(12)9(10)7-4-6(13)2-3-8(7)11/h2-4,9,13H,1H3. The molecule has 0 aliphatic rings. The van der Waals surface area contributed by atoms with Crippen LogP contribution >= 0.6 is 24.2 Å². The Morgan fingerprint density at radius 3 is 2.77 bits per heavy atom. The van der Waals surface area contributed by atoms with E-state index in [2.05, 4.69) is 12.6 Å². The molecule has 0 N–H and O–H groups in total. The molecule has 0 saturated carbocycles. The van der Waals surface area contributed by atoms with Crippen molar-refractivity contribution < 1.29 is 9.18 Å². The summed E-state index contributed by atoms with van der Waals surface area (Å²) in [7, 11) is 0. The average Bonchev–Trinajstić information content (AvgIpc) is 2.08. The van der Waals surface area contributed by atoms with Crippen LogP contribution < -0.4 is 0 Å². The molecule has 70 valence electrons. The lowest BCUT2D eigenvalue weighted by atomic mass is 10.1. The molecule has 0 heterocycles. The van der Waals surface area contributed by atoms with Crippen LogP contribution in [0.1, 0.15) is 17.9 Å². The summed E-state index contributed by atoms with van der Waals surface area (Å²) in [4.78, 5) is 11.5. The predicted octanol–water partition coefficient (Wildman–Crippen LogP) is 2.98. The van der Waals surface area contributed by atoms with Crippen LogP contribution in [0.3, 0.4) is 0 Å². The molecule has 0 amide bonds. The van der Waals surface area contributed by atoms with Gasteiger partial charge in [0, 0.05) is 10.5 Å². The van der Waals surface area contributed by atoms with Gasteiger partial charge in [0.05, 0.1) is 0 Å². The summed E-state index contributed by atoms with van der Waals surface area (Å²) in [6.45, 7) is 1.32. The molecular formula is C9H8ClFOS. The normalized spacial score (nSPS) is 12.6. The molecule has 1 atom stereocenters.